The van der Waals surface area contributed by atoms with Gasteiger partial charge < -0.3 is 15.7 Å². The average molecular weight is 187 g/mol. The zero-order valence-corrected chi connectivity index (χ0v) is 8.61. The average Bonchev–Trinajstić information content (AvgIpc) is 2.11. The minimum Gasteiger partial charge on any atom is -0.395 e. The summed E-state index contributed by atoms with van der Waals surface area (Å²) in [6, 6.07) is 0.509. The van der Waals surface area contributed by atoms with E-state index in [1.807, 2.05) is 0 Å². The molecule has 0 aromatic carbocycles. The van der Waals surface area contributed by atoms with Crippen LogP contribution in [0.3, 0.4) is 0 Å². The van der Waals surface area contributed by atoms with Gasteiger partial charge in [-0.1, -0.05) is 0 Å². The summed E-state index contributed by atoms with van der Waals surface area (Å²) in [5.74, 6) is 0. The van der Waals surface area contributed by atoms with Crippen molar-refractivity contribution in [2.45, 2.75) is 19.0 Å². The Kier molecular flexibility index (Phi) is 4.12. The highest BCUT2D eigenvalue weighted by Gasteiger charge is 2.21. The van der Waals surface area contributed by atoms with Crippen LogP contribution in [0.4, 0.5) is 0 Å². The van der Waals surface area contributed by atoms with E-state index in [4.69, 9.17) is 10.8 Å². The summed E-state index contributed by atoms with van der Waals surface area (Å²) in [4.78, 5) is 4.67. The second kappa shape index (κ2) is 4.91. The van der Waals surface area contributed by atoms with Gasteiger partial charge in [0.15, 0.2) is 0 Å². The Morgan fingerprint density at radius 1 is 1.54 bits per heavy atom. The van der Waals surface area contributed by atoms with Gasteiger partial charge in [0.05, 0.1) is 6.61 Å². The van der Waals surface area contributed by atoms with Crippen LogP contribution in [0.1, 0.15) is 6.92 Å². The van der Waals surface area contributed by atoms with Crippen molar-refractivity contribution >= 4 is 0 Å². The fraction of sp³-hybridized carbons (Fsp3) is 1.00. The minimum absolute atomic E-state index is 0.0840. The third kappa shape index (κ3) is 3.23. The van der Waals surface area contributed by atoms with E-state index < -0.39 is 0 Å². The lowest BCUT2D eigenvalue weighted by atomic mass is 10.2. The Balaban J connectivity index is 2.29. The lowest BCUT2D eigenvalue weighted by Gasteiger charge is -2.38. The Morgan fingerprint density at radius 2 is 2.23 bits per heavy atom. The van der Waals surface area contributed by atoms with Gasteiger partial charge in [-0.3, -0.25) is 4.90 Å². The molecule has 2 atom stereocenters. The van der Waals surface area contributed by atoms with Gasteiger partial charge in [0.1, 0.15) is 0 Å². The summed E-state index contributed by atoms with van der Waals surface area (Å²) in [6.45, 7) is 6.34. The van der Waals surface area contributed by atoms with E-state index in [9.17, 15) is 0 Å². The molecule has 3 N–H and O–H groups in total. The van der Waals surface area contributed by atoms with E-state index in [1.54, 1.807) is 0 Å². The maximum Gasteiger partial charge on any atom is 0.0595 e. The Hall–Kier alpha value is -0.160. The predicted octanol–water partition coefficient (Wildman–Crippen LogP) is -1.06. The molecule has 0 radical (unpaired) electrons. The smallest absolute Gasteiger partial charge is 0.0595 e. The van der Waals surface area contributed by atoms with Crippen LogP contribution in [0.5, 0.6) is 0 Å². The maximum absolute atomic E-state index is 8.82. The van der Waals surface area contributed by atoms with Gasteiger partial charge in [0.2, 0.25) is 0 Å². The predicted molar refractivity (Wildman–Crippen MR) is 53.6 cm³/mol. The van der Waals surface area contributed by atoms with Crippen molar-refractivity contribution in [3.63, 3.8) is 0 Å². The van der Waals surface area contributed by atoms with Crippen molar-refractivity contribution in [3.05, 3.63) is 0 Å². The summed E-state index contributed by atoms with van der Waals surface area (Å²) in [5.41, 5.74) is 5.68. The van der Waals surface area contributed by atoms with Gasteiger partial charge in [-0.15, -0.1) is 0 Å². The molecule has 78 valence electrons. The van der Waals surface area contributed by atoms with Crippen LogP contribution in [0.25, 0.3) is 0 Å². The van der Waals surface area contributed by atoms with Crippen molar-refractivity contribution in [2.24, 2.45) is 5.73 Å². The molecular weight excluding hydrogens is 166 g/mol. The Bertz CT molecular complexity index is 152. The van der Waals surface area contributed by atoms with Crippen molar-refractivity contribution in [3.8, 4) is 0 Å². The maximum atomic E-state index is 8.82. The molecule has 0 spiro atoms. The first kappa shape index (κ1) is 10.9. The number of nitrogens with two attached hydrogens (primary N) is 1. The topological polar surface area (TPSA) is 52.7 Å². The van der Waals surface area contributed by atoms with E-state index in [2.05, 4.69) is 23.8 Å². The van der Waals surface area contributed by atoms with E-state index in [0.717, 1.165) is 26.2 Å². The van der Waals surface area contributed by atoms with Crippen LogP contribution in [0, 0.1) is 0 Å². The summed E-state index contributed by atoms with van der Waals surface area (Å²) in [5, 5.41) is 8.82. The van der Waals surface area contributed by atoms with Crippen LogP contribution in [0.15, 0.2) is 0 Å². The molecule has 2 unspecified atom stereocenters. The molecule has 0 aromatic heterocycles. The lowest BCUT2D eigenvalue weighted by Crippen LogP contribution is -2.53. The Labute approximate surface area is 80.3 Å². The van der Waals surface area contributed by atoms with Gasteiger partial charge in [-0.25, -0.2) is 0 Å². The highest BCUT2D eigenvalue weighted by Crippen LogP contribution is 2.06. The molecule has 1 aliphatic heterocycles. The monoisotopic (exact) mass is 187 g/mol. The molecule has 0 aliphatic carbocycles. The van der Waals surface area contributed by atoms with Crippen LogP contribution >= 0.6 is 0 Å². The molecule has 1 aliphatic rings. The third-order valence-corrected chi connectivity index (χ3v) is 2.77. The Morgan fingerprint density at radius 3 is 2.77 bits per heavy atom. The molecule has 13 heavy (non-hydrogen) atoms. The van der Waals surface area contributed by atoms with Crippen molar-refractivity contribution in [1.82, 2.24) is 9.80 Å². The number of hydrogen-bond donors (Lipinski definition) is 2. The van der Waals surface area contributed by atoms with Crippen LogP contribution in [-0.4, -0.2) is 66.8 Å². The number of hydrogen-bond acceptors (Lipinski definition) is 4. The SMILES string of the molecule is CC1CN(CC(N)CO)CCN1C. The van der Waals surface area contributed by atoms with Gasteiger partial charge in [0, 0.05) is 38.3 Å². The molecule has 0 saturated carbocycles. The number of rotatable bonds is 3. The van der Waals surface area contributed by atoms with Crippen molar-refractivity contribution < 1.29 is 5.11 Å². The standard InChI is InChI=1S/C9H21N3O/c1-8-5-12(4-3-11(8)2)6-9(10)7-13/h8-9,13H,3-7,10H2,1-2H3. The second-order valence-corrected chi connectivity index (χ2v) is 4.03. The first-order chi connectivity index (χ1) is 6.13. The van der Waals surface area contributed by atoms with Gasteiger partial charge >= 0.3 is 0 Å². The summed E-state index contributed by atoms with van der Waals surface area (Å²) >= 11 is 0. The van der Waals surface area contributed by atoms with Crippen LogP contribution < -0.4 is 5.73 Å². The fourth-order valence-corrected chi connectivity index (χ4v) is 1.68. The highest BCUT2D eigenvalue weighted by atomic mass is 16.3. The molecule has 1 rings (SSSR count). The van der Waals surface area contributed by atoms with E-state index >= 15 is 0 Å². The number of likely N-dealkylation sites (N-methyl/N-ethyl adjacent to an activating group) is 1. The van der Waals surface area contributed by atoms with Crippen molar-refractivity contribution in [2.75, 3.05) is 39.8 Å². The molecule has 0 aromatic rings. The molecular formula is C9H21N3O. The number of piperazine rings is 1. The molecule has 1 heterocycles. The second-order valence-electron chi connectivity index (χ2n) is 4.03. The molecule has 0 bridgehead atoms. The molecule has 4 heteroatoms. The van der Waals surface area contributed by atoms with Crippen LogP contribution in [0.2, 0.25) is 0 Å². The van der Waals surface area contributed by atoms with Gasteiger partial charge in [0.25, 0.3) is 0 Å². The first-order valence-corrected chi connectivity index (χ1v) is 4.92. The minimum atomic E-state index is -0.0874. The largest absolute Gasteiger partial charge is 0.395 e. The number of aliphatic hydroxyl groups is 1. The van der Waals surface area contributed by atoms with Crippen LogP contribution in [-0.2, 0) is 0 Å². The quantitative estimate of drug-likeness (QED) is 0.591. The lowest BCUT2D eigenvalue weighted by molar-refractivity contribution is 0.0931. The third-order valence-electron chi connectivity index (χ3n) is 2.77. The molecule has 1 fully saturated rings. The van der Waals surface area contributed by atoms with E-state index in [1.165, 1.54) is 0 Å². The summed E-state index contributed by atoms with van der Waals surface area (Å²) in [7, 11) is 2.15. The van der Waals surface area contributed by atoms with Gasteiger partial charge in [-0.2, -0.15) is 0 Å². The molecule has 1 saturated heterocycles. The summed E-state index contributed by atoms with van der Waals surface area (Å²) < 4.78 is 0. The number of aliphatic hydroxyl groups excluding tert-OH is 1. The fourth-order valence-electron chi connectivity index (χ4n) is 1.68. The van der Waals surface area contributed by atoms with E-state index in [-0.39, 0.29) is 12.6 Å². The first-order valence-electron chi connectivity index (χ1n) is 4.92. The summed E-state index contributed by atoms with van der Waals surface area (Å²) in [6.07, 6.45) is 0. The van der Waals surface area contributed by atoms with Gasteiger partial charge in [-0.05, 0) is 14.0 Å². The zero-order valence-electron chi connectivity index (χ0n) is 8.61. The zero-order chi connectivity index (χ0) is 9.84. The van der Waals surface area contributed by atoms with E-state index in [0.29, 0.717) is 6.04 Å². The normalized spacial score (nSPS) is 29.1. The molecule has 0 amide bonds. The molecule has 4 nitrogen and oxygen atoms in total. The highest BCUT2D eigenvalue weighted by molar-refractivity contribution is 4.78. The number of nitrogens with zero attached hydrogens (tertiary/aromatic N) is 2. The van der Waals surface area contributed by atoms with Crippen molar-refractivity contribution in [1.29, 1.82) is 0 Å².